The van der Waals surface area contributed by atoms with Gasteiger partial charge in [-0.3, -0.25) is 24.0 Å². The summed E-state index contributed by atoms with van der Waals surface area (Å²) in [6.07, 6.45) is 6.84. The second-order valence-corrected chi connectivity index (χ2v) is 9.45. The topological polar surface area (TPSA) is 78.8 Å². The fourth-order valence-corrected chi connectivity index (χ4v) is 5.36. The molecule has 33 heavy (non-hydrogen) atoms. The van der Waals surface area contributed by atoms with Gasteiger partial charge < -0.3 is 9.80 Å². The summed E-state index contributed by atoms with van der Waals surface area (Å²) < 4.78 is 1.74. The number of rotatable bonds is 4. The van der Waals surface area contributed by atoms with Crippen molar-refractivity contribution in [1.29, 1.82) is 0 Å². The third kappa shape index (κ3) is 3.81. The number of fused-ring (bicyclic) bond motifs is 1. The molecule has 2 fully saturated rings. The predicted octanol–water partition coefficient (Wildman–Crippen LogP) is 2.75. The molecule has 5 rings (SSSR count). The van der Waals surface area contributed by atoms with Gasteiger partial charge in [0.25, 0.3) is 11.8 Å². The molecule has 8 heteroatoms. The summed E-state index contributed by atoms with van der Waals surface area (Å²) in [6, 6.07) is 5.49. The lowest BCUT2D eigenvalue weighted by molar-refractivity contribution is -0.136. The highest BCUT2D eigenvalue weighted by atomic mass is 16.2. The molecule has 0 N–H and O–H groups in total. The van der Waals surface area contributed by atoms with Crippen molar-refractivity contribution < 1.29 is 14.4 Å². The molecular weight excluding hydrogens is 418 g/mol. The van der Waals surface area contributed by atoms with Crippen LogP contribution >= 0.6 is 0 Å². The van der Waals surface area contributed by atoms with E-state index in [1.807, 2.05) is 31.0 Å². The van der Waals surface area contributed by atoms with Crippen LogP contribution in [0.3, 0.4) is 0 Å². The highest BCUT2D eigenvalue weighted by molar-refractivity contribution is 6.23. The predicted molar refractivity (Wildman–Crippen MR) is 124 cm³/mol. The van der Waals surface area contributed by atoms with Gasteiger partial charge in [0.15, 0.2) is 0 Å². The number of aryl methyl sites for hydroxylation is 1. The van der Waals surface area contributed by atoms with Gasteiger partial charge in [0.1, 0.15) is 0 Å². The lowest BCUT2D eigenvalue weighted by Crippen LogP contribution is -2.46. The SMILES string of the molecule is Cc1c(CN2C(=O)c3cccc(N4CCC[C@@H](C(=O)N5CCCCC5)C4)c3C2=O)cnn1C. The van der Waals surface area contributed by atoms with Gasteiger partial charge in [-0.2, -0.15) is 5.10 Å². The molecule has 2 aromatic rings. The van der Waals surface area contributed by atoms with Gasteiger partial charge in [-0.05, 0) is 51.2 Å². The van der Waals surface area contributed by atoms with Crippen molar-refractivity contribution in [2.45, 2.75) is 45.6 Å². The van der Waals surface area contributed by atoms with E-state index in [4.69, 9.17) is 0 Å². The molecule has 4 heterocycles. The van der Waals surface area contributed by atoms with Crippen LogP contribution in [0.25, 0.3) is 0 Å². The van der Waals surface area contributed by atoms with Crippen molar-refractivity contribution in [3.05, 3.63) is 46.8 Å². The average Bonchev–Trinajstić information content (AvgIpc) is 3.30. The van der Waals surface area contributed by atoms with Gasteiger partial charge in [-0.25, -0.2) is 0 Å². The van der Waals surface area contributed by atoms with Crippen molar-refractivity contribution in [3.63, 3.8) is 0 Å². The summed E-state index contributed by atoms with van der Waals surface area (Å²) >= 11 is 0. The molecule has 0 saturated carbocycles. The molecule has 0 aliphatic carbocycles. The third-order valence-electron chi connectivity index (χ3n) is 7.42. The molecular formula is C25H31N5O3. The van der Waals surface area contributed by atoms with Crippen LogP contribution in [-0.4, -0.2) is 63.5 Å². The Hall–Kier alpha value is -3.16. The summed E-state index contributed by atoms with van der Waals surface area (Å²) in [5, 5.41) is 4.23. The van der Waals surface area contributed by atoms with Crippen LogP contribution < -0.4 is 4.90 Å². The Morgan fingerprint density at radius 3 is 2.58 bits per heavy atom. The maximum absolute atomic E-state index is 13.4. The van der Waals surface area contributed by atoms with E-state index in [9.17, 15) is 14.4 Å². The molecule has 0 unspecified atom stereocenters. The van der Waals surface area contributed by atoms with Crippen LogP contribution in [0.1, 0.15) is 64.1 Å². The van der Waals surface area contributed by atoms with E-state index in [-0.39, 0.29) is 30.2 Å². The monoisotopic (exact) mass is 449 g/mol. The molecule has 0 radical (unpaired) electrons. The van der Waals surface area contributed by atoms with Crippen LogP contribution in [0.2, 0.25) is 0 Å². The molecule has 1 atom stereocenters. The summed E-state index contributed by atoms with van der Waals surface area (Å²) in [6.45, 7) is 5.22. The zero-order valence-electron chi connectivity index (χ0n) is 19.4. The lowest BCUT2D eigenvalue weighted by atomic mass is 9.94. The first-order valence-corrected chi connectivity index (χ1v) is 12.0. The van der Waals surface area contributed by atoms with Crippen molar-refractivity contribution in [1.82, 2.24) is 19.6 Å². The summed E-state index contributed by atoms with van der Waals surface area (Å²) in [7, 11) is 1.84. The number of piperidine rings is 2. The van der Waals surface area contributed by atoms with Gasteiger partial charge in [0, 0.05) is 44.5 Å². The van der Waals surface area contributed by atoms with E-state index >= 15 is 0 Å². The maximum atomic E-state index is 13.4. The summed E-state index contributed by atoms with van der Waals surface area (Å²) in [5.41, 5.74) is 3.48. The lowest BCUT2D eigenvalue weighted by Gasteiger charge is -2.37. The zero-order valence-corrected chi connectivity index (χ0v) is 19.4. The Balaban J connectivity index is 1.38. The van der Waals surface area contributed by atoms with Gasteiger partial charge in [0.2, 0.25) is 5.91 Å². The van der Waals surface area contributed by atoms with E-state index in [2.05, 4.69) is 10.00 Å². The van der Waals surface area contributed by atoms with Crippen molar-refractivity contribution in [2.75, 3.05) is 31.1 Å². The van der Waals surface area contributed by atoms with E-state index in [0.29, 0.717) is 17.7 Å². The molecule has 0 bridgehead atoms. The molecule has 3 amide bonds. The molecule has 3 aliphatic heterocycles. The summed E-state index contributed by atoms with van der Waals surface area (Å²) in [5.74, 6) is -0.353. The average molecular weight is 450 g/mol. The van der Waals surface area contributed by atoms with Crippen LogP contribution in [0.15, 0.2) is 24.4 Å². The minimum Gasteiger partial charge on any atom is -0.370 e. The standard InChI is InChI=1S/C25H31N5O3/c1-17-19(14-26-27(17)2)16-30-24(32)20-9-6-10-21(22(20)25(30)33)29-13-7-8-18(15-29)23(31)28-11-4-3-5-12-28/h6,9-10,14,18H,3-5,7-8,11-13,15-16H2,1-2H3/t18-/m1/s1. The Morgan fingerprint density at radius 1 is 1.06 bits per heavy atom. The smallest absolute Gasteiger partial charge is 0.263 e. The number of imide groups is 1. The molecule has 1 aromatic heterocycles. The van der Waals surface area contributed by atoms with Crippen molar-refractivity contribution in [3.8, 4) is 0 Å². The fourth-order valence-electron chi connectivity index (χ4n) is 5.36. The largest absolute Gasteiger partial charge is 0.370 e. The van der Waals surface area contributed by atoms with E-state index in [0.717, 1.165) is 62.3 Å². The Labute approximate surface area is 194 Å². The number of amides is 3. The molecule has 174 valence electrons. The second kappa shape index (κ2) is 8.65. The number of hydrogen-bond acceptors (Lipinski definition) is 5. The molecule has 3 aliphatic rings. The number of anilines is 1. The second-order valence-electron chi connectivity index (χ2n) is 9.45. The number of likely N-dealkylation sites (tertiary alicyclic amines) is 1. The van der Waals surface area contributed by atoms with Crippen LogP contribution in [0, 0.1) is 12.8 Å². The number of benzene rings is 1. The number of carbonyl (C=O) groups is 3. The van der Waals surface area contributed by atoms with Gasteiger partial charge in [-0.15, -0.1) is 0 Å². The Kier molecular flexibility index (Phi) is 5.68. The first kappa shape index (κ1) is 21.7. The third-order valence-corrected chi connectivity index (χ3v) is 7.42. The number of nitrogens with zero attached hydrogens (tertiary/aromatic N) is 5. The zero-order chi connectivity index (χ0) is 23.1. The summed E-state index contributed by atoms with van der Waals surface area (Å²) in [4.78, 5) is 45.2. The van der Waals surface area contributed by atoms with Crippen LogP contribution in [0.5, 0.6) is 0 Å². The number of hydrogen-bond donors (Lipinski definition) is 0. The molecule has 0 spiro atoms. The van der Waals surface area contributed by atoms with Crippen LogP contribution in [0.4, 0.5) is 5.69 Å². The molecule has 1 aromatic carbocycles. The Bertz CT molecular complexity index is 1100. The highest BCUT2D eigenvalue weighted by Crippen LogP contribution is 2.35. The molecule has 2 saturated heterocycles. The van der Waals surface area contributed by atoms with Gasteiger partial charge >= 0.3 is 0 Å². The van der Waals surface area contributed by atoms with E-state index in [1.54, 1.807) is 16.9 Å². The first-order valence-electron chi connectivity index (χ1n) is 12.0. The number of aromatic nitrogens is 2. The minimum atomic E-state index is -0.266. The van der Waals surface area contributed by atoms with E-state index < -0.39 is 0 Å². The quantitative estimate of drug-likeness (QED) is 0.671. The van der Waals surface area contributed by atoms with Crippen molar-refractivity contribution in [2.24, 2.45) is 13.0 Å². The van der Waals surface area contributed by atoms with Crippen molar-refractivity contribution >= 4 is 23.4 Å². The Morgan fingerprint density at radius 2 is 1.85 bits per heavy atom. The molecule has 8 nitrogen and oxygen atoms in total. The highest BCUT2D eigenvalue weighted by Gasteiger charge is 2.40. The van der Waals surface area contributed by atoms with E-state index in [1.165, 1.54) is 11.3 Å². The van der Waals surface area contributed by atoms with Gasteiger partial charge in [0.05, 0.1) is 35.5 Å². The first-order chi connectivity index (χ1) is 16.0. The van der Waals surface area contributed by atoms with Gasteiger partial charge in [-0.1, -0.05) is 6.07 Å². The normalized spacial score (nSPS) is 21.0. The maximum Gasteiger partial charge on any atom is 0.263 e. The fraction of sp³-hybridized carbons (Fsp3) is 0.520. The number of carbonyl (C=O) groups excluding carboxylic acids is 3. The minimum absolute atomic E-state index is 0.0611. The van der Waals surface area contributed by atoms with Crippen LogP contribution in [-0.2, 0) is 18.4 Å².